The van der Waals surface area contributed by atoms with Crippen LogP contribution in [-0.4, -0.2) is 15.8 Å². The molecular formula is C11H12Br2O2. The maximum Gasteiger partial charge on any atom is 0.303 e. The molecule has 0 N–H and O–H groups in total. The van der Waals surface area contributed by atoms with Crippen LogP contribution in [0.2, 0.25) is 0 Å². The zero-order valence-corrected chi connectivity index (χ0v) is 11.7. The van der Waals surface area contributed by atoms with E-state index in [1.165, 1.54) is 12.5 Å². The van der Waals surface area contributed by atoms with Gasteiger partial charge in [-0.05, 0) is 12.8 Å². The summed E-state index contributed by atoms with van der Waals surface area (Å²) in [4.78, 5) is 10.4. The van der Waals surface area contributed by atoms with E-state index in [4.69, 9.17) is 4.74 Å². The van der Waals surface area contributed by atoms with Crippen LogP contribution in [0, 0.1) is 11.8 Å². The molecule has 0 amide bonds. The van der Waals surface area contributed by atoms with Gasteiger partial charge >= 0.3 is 5.97 Å². The van der Waals surface area contributed by atoms with Crippen molar-refractivity contribution in [2.45, 2.75) is 29.4 Å². The normalized spacial score (nSPS) is 17.7. The summed E-state index contributed by atoms with van der Waals surface area (Å²) in [7, 11) is 0. The molecule has 0 atom stereocenters. The van der Waals surface area contributed by atoms with Gasteiger partial charge in [0.15, 0.2) is 6.61 Å². The van der Waals surface area contributed by atoms with Gasteiger partial charge in [-0.15, -0.1) is 0 Å². The van der Waals surface area contributed by atoms with Gasteiger partial charge in [-0.3, -0.25) is 4.79 Å². The van der Waals surface area contributed by atoms with Gasteiger partial charge in [-0.2, -0.15) is 0 Å². The lowest BCUT2D eigenvalue weighted by molar-refractivity contribution is -0.139. The van der Waals surface area contributed by atoms with Crippen LogP contribution in [0.15, 0.2) is 11.6 Å². The average Bonchev–Trinajstić information content (AvgIpc) is 2.44. The fraction of sp³-hybridized carbons (Fsp3) is 0.545. The van der Waals surface area contributed by atoms with Crippen molar-refractivity contribution in [3.8, 4) is 11.8 Å². The molecule has 4 heteroatoms. The Morgan fingerprint density at radius 3 is 2.87 bits per heavy atom. The van der Waals surface area contributed by atoms with Crippen molar-refractivity contribution >= 4 is 37.8 Å². The highest BCUT2D eigenvalue weighted by Crippen LogP contribution is 2.41. The molecule has 1 aliphatic carbocycles. The molecule has 0 radical (unpaired) electrons. The number of ether oxygens (including phenoxy) is 1. The van der Waals surface area contributed by atoms with Gasteiger partial charge in [0.05, 0.1) is 3.23 Å². The van der Waals surface area contributed by atoms with Gasteiger partial charge in [-0.1, -0.05) is 55.3 Å². The predicted molar refractivity (Wildman–Crippen MR) is 66.9 cm³/mol. The molecule has 0 aromatic carbocycles. The van der Waals surface area contributed by atoms with Crippen LogP contribution in [0.25, 0.3) is 0 Å². The Balaban J connectivity index is 2.29. The number of alkyl halides is 2. The Morgan fingerprint density at radius 1 is 1.60 bits per heavy atom. The van der Waals surface area contributed by atoms with Crippen LogP contribution in [0.4, 0.5) is 0 Å². The fourth-order valence-electron chi connectivity index (χ4n) is 1.27. The number of rotatable bonds is 2. The molecule has 0 aromatic rings. The maximum absolute atomic E-state index is 10.4. The van der Waals surface area contributed by atoms with E-state index < -0.39 is 0 Å². The topological polar surface area (TPSA) is 26.3 Å². The highest BCUT2D eigenvalue weighted by atomic mass is 79.9. The van der Waals surface area contributed by atoms with E-state index in [-0.39, 0.29) is 15.8 Å². The monoisotopic (exact) mass is 334 g/mol. The molecule has 0 bridgehead atoms. The standard InChI is InChI=1S/C11H12Br2O2/c1-9(14)15-7-3-2-4-10-5-6-11(12,13)8-10/h8H,4-7H2,1H3. The van der Waals surface area contributed by atoms with E-state index >= 15 is 0 Å². The van der Waals surface area contributed by atoms with Crippen LogP contribution in [0.1, 0.15) is 26.2 Å². The third-order valence-corrected chi connectivity index (χ3v) is 3.23. The highest BCUT2D eigenvalue weighted by Gasteiger charge is 2.25. The van der Waals surface area contributed by atoms with Gasteiger partial charge < -0.3 is 4.74 Å². The van der Waals surface area contributed by atoms with Crippen molar-refractivity contribution in [1.29, 1.82) is 0 Å². The zero-order chi connectivity index (χ0) is 11.3. The smallest absolute Gasteiger partial charge is 0.303 e. The molecule has 0 fully saturated rings. The average molecular weight is 336 g/mol. The first-order chi connectivity index (χ1) is 6.99. The molecule has 0 aliphatic heterocycles. The lowest BCUT2D eigenvalue weighted by atomic mass is 10.2. The number of halogens is 2. The molecule has 1 aliphatic rings. The molecule has 15 heavy (non-hydrogen) atoms. The summed E-state index contributed by atoms with van der Waals surface area (Å²) in [6.45, 7) is 1.57. The summed E-state index contributed by atoms with van der Waals surface area (Å²) in [5, 5.41) is 0. The molecule has 0 spiro atoms. The van der Waals surface area contributed by atoms with Gasteiger partial charge in [0, 0.05) is 13.3 Å². The number of hydrogen-bond donors (Lipinski definition) is 0. The number of carbonyl (C=O) groups excluding carboxylic acids is 1. The fourth-order valence-corrected chi connectivity index (χ4v) is 2.32. The van der Waals surface area contributed by atoms with Crippen molar-refractivity contribution in [2.24, 2.45) is 0 Å². The first-order valence-electron chi connectivity index (χ1n) is 4.67. The third-order valence-electron chi connectivity index (χ3n) is 1.98. The summed E-state index contributed by atoms with van der Waals surface area (Å²) in [6, 6.07) is 0. The Hall–Kier alpha value is -0.270. The van der Waals surface area contributed by atoms with Crippen LogP contribution >= 0.6 is 31.9 Å². The Labute approximate surface area is 107 Å². The summed E-state index contributed by atoms with van der Waals surface area (Å²) in [6.07, 6.45) is 5.00. The molecule has 82 valence electrons. The van der Waals surface area contributed by atoms with Crippen molar-refractivity contribution in [2.75, 3.05) is 6.61 Å². The summed E-state index contributed by atoms with van der Waals surface area (Å²) < 4.78 is 4.66. The summed E-state index contributed by atoms with van der Waals surface area (Å²) >= 11 is 7.09. The second-order valence-corrected chi connectivity index (χ2v) is 7.27. The summed E-state index contributed by atoms with van der Waals surface area (Å²) in [5.41, 5.74) is 1.32. The first kappa shape index (κ1) is 12.8. The molecule has 0 heterocycles. The van der Waals surface area contributed by atoms with E-state index in [0.29, 0.717) is 0 Å². The Bertz CT molecular complexity index is 334. The molecular weight excluding hydrogens is 324 g/mol. The number of esters is 1. The van der Waals surface area contributed by atoms with Crippen molar-refractivity contribution < 1.29 is 9.53 Å². The molecule has 1 rings (SSSR count). The SMILES string of the molecule is CC(=O)OCC#CCC1=CC(Br)(Br)CC1. The van der Waals surface area contributed by atoms with E-state index in [1.54, 1.807) is 0 Å². The van der Waals surface area contributed by atoms with E-state index in [9.17, 15) is 4.79 Å². The van der Waals surface area contributed by atoms with Crippen LogP contribution in [-0.2, 0) is 9.53 Å². The van der Waals surface area contributed by atoms with E-state index in [2.05, 4.69) is 49.8 Å². The minimum absolute atomic E-state index is 0.0348. The lowest BCUT2D eigenvalue weighted by Gasteiger charge is -2.06. The molecule has 0 aromatic heterocycles. The quantitative estimate of drug-likeness (QED) is 0.335. The third kappa shape index (κ3) is 5.39. The van der Waals surface area contributed by atoms with Crippen LogP contribution < -0.4 is 0 Å². The number of carbonyl (C=O) groups is 1. The van der Waals surface area contributed by atoms with Gasteiger partial charge in [0.25, 0.3) is 0 Å². The molecule has 0 unspecified atom stereocenters. The largest absolute Gasteiger partial charge is 0.453 e. The second-order valence-electron chi connectivity index (χ2n) is 3.37. The minimum atomic E-state index is -0.288. The number of hydrogen-bond acceptors (Lipinski definition) is 2. The van der Waals surface area contributed by atoms with Crippen molar-refractivity contribution in [1.82, 2.24) is 0 Å². The zero-order valence-electron chi connectivity index (χ0n) is 8.48. The van der Waals surface area contributed by atoms with E-state index in [0.717, 1.165) is 19.3 Å². The Kier molecular flexibility index (Phi) is 4.88. The first-order valence-corrected chi connectivity index (χ1v) is 6.26. The van der Waals surface area contributed by atoms with Crippen LogP contribution in [0.3, 0.4) is 0 Å². The molecule has 0 saturated heterocycles. The predicted octanol–water partition coefficient (Wildman–Crippen LogP) is 3.15. The van der Waals surface area contributed by atoms with Gasteiger partial charge in [0.2, 0.25) is 0 Å². The lowest BCUT2D eigenvalue weighted by Crippen LogP contribution is -1.98. The van der Waals surface area contributed by atoms with Gasteiger partial charge in [0.1, 0.15) is 0 Å². The van der Waals surface area contributed by atoms with Gasteiger partial charge in [-0.25, -0.2) is 0 Å². The molecule has 2 nitrogen and oxygen atoms in total. The second kappa shape index (κ2) is 5.72. The van der Waals surface area contributed by atoms with Crippen molar-refractivity contribution in [3.05, 3.63) is 11.6 Å². The highest BCUT2D eigenvalue weighted by molar-refractivity contribution is 9.25. The van der Waals surface area contributed by atoms with Crippen LogP contribution in [0.5, 0.6) is 0 Å². The van der Waals surface area contributed by atoms with E-state index in [1.807, 2.05) is 0 Å². The minimum Gasteiger partial charge on any atom is -0.453 e. The number of allylic oxidation sites excluding steroid dienone is 2. The maximum atomic E-state index is 10.4. The molecule has 0 saturated carbocycles. The summed E-state index contributed by atoms with van der Waals surface area (Å²) in [5.74, 6) is 5.50. The Morgan fingerprint density at radius 2 is 2.33 bits per heavy atom. The van der Waals surface area contributed by atoms with Crippen molar-refractivity contribution in [3.63, 3.8) is 0 Å².